The Morgan fingerprint density at radius 2 is 1.34 bits per heavy atom. The van der Waals surface area contributed by atoms with Crippen LogP contribution in [0.3, 0.4) is 0 Å². The molecule has 0 fully saturated rings. The predicted molar refractivity (Wildman–Crippen MR) is 150 cm³/mol. The van der Waals surface area contributed by atoms with Crippen LogP contribution in [-0.2, 0) is 25.0 Å². The number of nitrogens with one attached hydrogen (secondary N) is 2. The first-order valence-corrected chi connectivity index (χ1v) is 14.4. The topological polar surface area (TPSA) is 273 Å². The molecule has 0 saturated heterocycles. The third kappa shape index (κ3) is 6.12. The molecule has 20 nitrogen and oxygen atoms in total. The number of nitrogens with zero attached hydrogens (tertiary/aromatic N) is 5. The number of methoxy groups -OCH3 is 2. The minimum Gasteiger partial charge on any atom is -0.489 e. The van der Waals surface area contributed by atoms with Gasteiger partial charge in [-0.1, -0.05) is 18.2 Å². The molecule has 3 aromatic rings. The van der Waals surface area contributed by atoms with Crippen molar-refractivity contribution in [3.05, 3.63) is 74.8 Å². The van der Waals surface area contributed by atoms with Crippen LogP contribution < -0.4 is 30.5 Å². The lowest BCUT2D eigenvalue weighted by Gasteiger charge is -2.29. The molecule has 0 aromatic heterocycles. The number of hydrogen-bond acceptors (Lipinski definition) is 15. The van der Waals surface area contributed by atoms with Gasteiger partial charge in [-0.2, -0.15) is 22.0 Å². The van der Waals surface area contributed by atoms with Crippen LogP contribution in [0.15, 0.2) is 69.5 Å². The molecule has 0 atom stereocenters. The van der Waals surface area contributed by atoms with Gasteiger partial charge in [0, 0.05) is 17.8 Å². The van der Waals surface area contributed by atoms with Crippen molar-refractivity contribution in [2.75, 3.05) is 29.8 Å². The molecule has 44 heavy (non-hydrogen) atoms. The lowest BCUT2D eigenvalue weighted by Crippen LogP contribution is -2.47. The molecule has 1 aliphatic rings. The Kier molecular flexibility index (Phi) is 8.27. The number of hydrazone groups is 1. The highest BCUT2D eigenvalue weighted by Gasteiger charge is 2.39. The van der Waals surface area contributed by atoms with Crippen LogP contribution >= 0.6 is 0 Å². The van der Waals surface area contributed by atoms with Gasteiger partial charge in [-0.3, -0.25) is 39.6 Å². The van der Waals surface area contributed by atoms with Gasteiger partial charge >= 0.3 is 11.4 Å². The van der Waals surface area contributed by atoms with Crippen LogP contribution in [0.25, 0.3) is 0 Å². The van der Waals surface area contributed by atoms with Crippen LogP contribution in [-0.4, -0.2) is 61.8 Å². The minimum absolute atomic E-state index is 0.273. The number of amides is 1. The maximum Gasteiger partial charge on any atom is 0.314 e. The van der Waals surface area contributed by atoms with Crippen molar-refractivity contribution in [2.24, 2.45) is 5.10 Å². The van der Waals surface area contributed by atoms with Gasteiger partial charge in [0.25, 0.3) is 26.1 Å². The molecule has 1 heterocycles. The van der Waals surface area contributed by atoms with Gasteiger partial charge < -0.3 is 14.8 Å². The number of carbonyl (C=O) groups is 1. The molecule has 0 spiro atoms. The highest BCUT2D eigenvalue weighted by molar-refractivity contribution is 7.86. The summed E-state index contributed by atoms with van der Waals surface area (Å²) in [5.74, 6) is -2.94. The van der Waals surface area contributed by atoms with Gasteiger partial charge in [0.05, 0.1) is 24.1 Å². The van der Waals surface area contributed by atoms with Crippen molar-refractivity contribution in [2.45, 2.75) is 9.79 Å². The van der Waals surface area contributed by atoms with E-state index in [0.29, 0.717) is 34.5 Å². The highest BCUT2D eigenvalue weighted by atomic mass is 32.2. The molecule has 0 unspecified atom stereocenters. The summed E-state index contributed by atoms with van der Waals surface area (Å²) in [4.78, 5) is 32.7. The Hall–Kier alpha value is -5.58. The first kappa shape index (κ1) is 31.4. The monoisotopic (exact) mass is 653 g/mol. The Morgan fingerprint density at radius 3 is 1.80 bits per heavy atom. The Labute approximate surface area is 246 Å². The maximum absolute atomic E-state index is 13.2. The summed E-state index contributed by atoms with van der Waals surface area (Å²) < 4.78 is 77.8. The lowest BCUT2D eigenvalue weighted by atomic mass is 10.2. The second-order valence-corrected chi connectivity index (χ2v) is 11.3. The third-order valence-corrected chi connectivity index (χ3v) is 7.39. The highest BCUT2D eigenvalue weighted by Crippen LogP contribution is 2.45. The van der Waals surface area contributed by atoms with Crippen LogP contribution in [0, 0.1) is 20.2 Å². The van der Waals surface area contributed by atoms with Gasteiger partial charge in [-0.05, 0) is 24.3 Å². The van der Waals surface area contributed by atoms with Crippen LogP contribution in [0.1, 0.15) is 0 Å². The molecule has 0 bridgehead atoms. The number of amidine groups is 1. The molecule has 3 aromatic carbocycles. The lowest BCUT2D eigenvalue weighted by molar-refractivity contribution is -0.386. The molecule has 232 valence electrons. The summed E-state index contributed by atoms with van der Waals surface area (Å²) in [5.41, 5.74) is -0.557. The number of para-hydroxylation sites is 1. The van der Waals surface area contributed by atoms with E-state index in [1.54, 1.807) is 18.2 Å². The summed E-state index contributed by atoms with van der Waals surface area (Å²) in [5, 5.41) is 31.4. The van der Waals surface area contributed by atoms with E-state index in [4.69, 9.17) is 9.47 Å². The summed E-state index contributed by atoms with van der Waals surface area (Å²) >= 11 is 0. The van der Waals surface area contributed by atoms with Crippen molar-refractivity contribution >= 4 is 60.4 Å². The Bertz CT molecular complexity index is 1930. The summed E-state index contributed by atoms with van der Waals surface area (Å²) in [6.45, 7) is 0. The van der Waals surface area contributed by atoms with Gasteiger partial charge in [-0.25, -0.2) is 0 Å². The number of nitro groups is 2. The smallest absolute Gasteiger partial charge is 0.314 e. The molecular weight excluding hydrogens is 634 g/mol. The molecule has 0 radical (unpaired) electrons. The molecular formula is C22H19N7O13S2. The van der Waals surface area contributed by atoms with Gasteiger partial charge in [0.1, 0.15) is 21.2 Å². The third-order valence-electron chi connectivity index (χ3n) is 5.73. The minimum atomic E-state index is -5.13. The predicted octanol–water partition coefficient (Wildman–Crippen LogP) is 1.71. The summed E-state index contributed by atoms with van der Waals surface area (Å²) in [6, 6.07) is 10.1. The second kappa shape index (κ2) is 11.6. The van der Waals surface area contributed by atoms with E-state index >= 15 is 0 Å². The largest absolute Gasteiger partial charge is 0.489 e. The first-order chi connectivity index (χ1) is 20.6. The fraction of sp³-hybridized carbons (Fsp3) is 0.0909. The van der Waals surface area contributed by atoms with Crippen molar-refractivity contribution < 1.29 is 50.1 Å². The maximum atomic E-state index is 13.2. The molecule has 1 aliphatic heterocycles. The quantitative estimate of drug-likeness (QED) is 0.138. The normalized spacial score (nSPS) is 13.1. The number of anilines is 3. The van der Waals surface area contributed by atoms with Gasteiger partial charge in [0.15, 0.2) is 0 Å². The number of carbonyl (C=O) groups excluding carboxylic acids is 1. The van der Waals surface area contributed by atoms with Crippen LogP contribution in [0.5, 0.6) is 11.5 Å². The zero-order chi connectivity index (χ0) is 32.6. The van der Waals surface area contributed by atoms with E-state index in [2.05, 4.69) is 15.8 Å². The SMILES string of the molecule is COc1c(N2N=C(C(=O)Nc3ccccc3)NN2c2cc(S(=O)(=O)O)cc([N+](=O)[O-])c2OC)cc(S(=O)(=O)O)cc1[N+](=O)[O-]. The average molecular weight is 654 g/mol. The van der Waals surface area contributed by atoms with Gasteiger partial charge in [-0.15, -0.1) is 10.2 Å². The van der Waals surface area contributed by atoms with E-state index in [1.807, 2.05) is 0 Å². The fourth-order valence-electron chi connectivity index (χ4n) is 3.88. The summed E-state index contributed by atoms with van der Waals surface area (Å²) in [7, 11) is -8.32. The number of hydrogen-bond donors (Lipinski definition) is 4. The number of hydrazine groups is 2. The van der Waals surface area contributed by atoms with Crippen molar-refractivity contribution in [1.82, 2.24) is 5.43 Å². The fourth-order valence-corrected chi connectivity index (χ4v) is 4.92. The molecule has 4 rings (SSSR count). The van der Waals surface area contributed by atoms with Crippen molar-refractivity contribution in [3.63, 3.8) is 0 Å². The van der Waals surface area contributed by atoms with Crippen LogP contribution in [0.2, 0.25) is 0 Å². The Balaban J connectivity index is 2.04. The molecule has 1 amide bonds. The van der Waals surface area contributed by atoms with E-state index in [1.165, 1.54) is 12.1 Å². The second-order valence-electron chi connectivity index (χ2n) is 8.44. The zero-order valence-electron chi connectivity index (χ0n) is 22.1. The number of nitro benzene ring substituents is 2. The molecule has 0 saturated carbocycles. The van der Waals surface area contributed by atoms with Crippen molar-refractivity contribution in [1.29, 1.82) is 0 Å². The van der Waals surface area contributed by atoms with Crippen LogP contribution in [0.4, 0.5) is 28.4 Å². The summed E-state index contributed by atoms with van der Waals surface area (Å²) in [6.07, 6.45) is 0. The molecule has 22 heteroatoms. The number of benzene rings is 3. The van der Waals surface area contributed by atoms with E-state index < -0.39 is 85.9 Å². The van der Waals surface area contributed by atoms with E-state index in [0.717, 1.165) is 14.2 Å². The van der Waals surface area contributed by atoms with Gasteiger partial charge in [0.2, 0.25) is 17.3 Å². The standard InChI is InChI=1S/C22H19N7O13S2/c1-41-19-15(8-13(43(35,36)37)10-17(19)28(31)32)26-24-21(22(30)23-12-6-4-3-5-7-12)25-27(26)16-9-14(44(38,39)40)11-18(29(33)34)20(16)42-2/h3-11H,1-2H3,(H,23,30)(H,24,25)(H,35,36,37)(H,38,39,40). The Morgan fingerprint density at radius 1 is 0.864 bits per heavy atom. The zero-order valence-corrected chi connectivity index (χ0v) is 23.8. The number of ether oxygens (including phenoxy) is 2. The first-order valence-electron chi connectivity index (χ1n) is 11.6. The van der Waals surface area contributed by atoms with E-state index in [9.17, 15) is 51.0 Å². The van der Waals surface area contributed by atoms with E-state index in [-0.39, 0.29) is 5.69 Å². The average Bonchev–Trinajstić information content (AvgIpc) is 3.40. The molecule has 4 N–H and O–H groups in total. The molecule has 0 aliphatic carbocycles. The number of rotatable bonds is 10. The van der Waals surface area contributed by atoms with Crippen molar-refractivity contribution in [3.8, 4) is 11.5 Å².